The van der Waals surface area contributed by atoms with Crippen molar-refractivity contribution in [3.63, 3.8) is 0 Å². The number of nitrogens with one attached hydrogen (secondary N) is 1. The van der Waals surface area contributed by atoms with Crippen LogP contribution in [0.1, 0.15) is 31.0 Å². The maximum absolute atomic E-state index is 5.50. The van der Waals surface area contributed by atoms with Crippen LogP contribution in [0.15, 0.2) is 5.38 Å². The monoisotopic (exact) mass is 239 g/mol. The molecule has 16 heavy (non-hydrogen) atoms. The van der Waals surface area contributed by atoms with E-state index in [1.165, 1.54) is 6.42 Å². The first-order valence-electron chi connectivity index (χ1n) is 5.96. The second kappa shape index (κ2) is 4.82. The van der Waals surface area contributed by atoms with Crippen LogP contribution >= 0.6 is 11.3 Å². The van der Waals surface area contributed by atoms with E-state index in [-0.39, 0.29) is 0 Å². The second-order valence-corrected chi connectivity index (χ2v) is 6.23. The van der Waals surface area contributed by atoms with Gasteiger partial charge in [0.25, 0.3) is 0 Å². The Kier molecular flexibility index (Phi) is 3.62. The highest BCUT2D eigenvalue weighted by Crippen LogP contribution is 2.50. The summed E-state index contributed by atoms with van der Waals surface area (Å²) in [7, 11) is 0. The number of thiazole rings is 1. The summed E-state index contributed by atoms with van der Waals surface area (Å²) in [6.45, 7) is 7.38. The van der Waals surface area contributed by atoms with Crippen molar-refractivity contribution in [2.45, 2.75) is 33.2 Å². The summed E-state index contributed by atoms with van der Waals surface area (Å²) in [4.78, 5) is 4.53. The zero-order valence-corrected chi connectivity index (χ0v) is 10.9. The highest BCUT2D eigenvalue weighted by atomic mass is 32.1. The van der Waals surface area contributed by atoms with Gasteiger partial charge in [0, 0.05) is 18.3 Å². The van der Waals surface area contributed by atoms with Gasteiger partial charge in [-0.25, -0.2) is 4.98 Å². The number of rotatable bonds is 6. The molecule has 90 valence electrons. The predicted octanol–water partition coefficient (Wildman–Crippen LogP) is 1.78. The third-order valence-electron chi connectivity index (χ3n) is 3.37. The standard InChI is InChI=1S/C12H21N3S/c1-12(2)5-9(12)6-14-7-10-8-16-11(15-10)3-4-13/h8-9,14H,3-7,13H2,1-2H3. The Morgan fingerprint density at radius 3 is 3.00 bits per heavy atom. The lowest BCUT2D eigenvalue weighted by Gasteiger charge is -2.04. The van der Waals surface area contributed by atoms with E-state index in [2.05, 4.69) is 29.5 Å². The molecule has 0 bridgehead atoms. The summed E-state index contributed by atoms with van der Waals surface area (Å²) in [5.74, 6) is 0.856. The van der Waals surface area contributed by atoms with Gasteiger partial charge in [0.1, 0.15) is 0 Å². The van der Waals surface area contributed by atoms with E-state index in [0.29, 0.717) is 12.0 Å². The van der Waals surface area contributed by atoms with Gasteiger partial charge in [-0.1, -0.05) is 13.8 Å². The Hall–Kier alpha value is -0.450. The molecule has 4 heteroatoms. The molecule has 2 rings (SSSR count). The van der Waals surface area contributed by atoms with Gasteiger partial charge in [-0.3, -0.25) is 0 Å². The van der Waals surface area contributed by atoms with Crippen molar-refractivity contribution in [3.8, 4) is 0 Å². The van der Waals surface area contributed by atoms with Crippen LogP contribution < -0.4 is 11.1 Å². The third kappa shape index (κ3) is 3.03. The Balaban J connectivity index is 1.69. The second-order valence-electron chi connectivity index (χ2n) is 5.29. The van der Waals surface area contributed by atoms with Gasteiger partial charge < -0.3 is 11.1 Å². The van der Waals surface area contributed by atoms with Crippen molar-refractivity contribution in [1.29, 1.82) is 0 Å². The third-order valence-corrected chi connectivity index (χ3v) is 4.33. The lowest BCUT2D eigenvalue weighted by Crippen LogP contribution is -2.18. The van der Waals surface area contributed by atoms with Gasteiger partial charge in [-0.15, -0.1) is 11.3 Å². The van der Waals surface area contributed by atoms with Crippen LogP contribution in [0.25, 0.3) is 0 Å². The minimum Gasteiger partial charge on any atom is -0.330 e. The largest absolute Gasteiger partial charge is 0.330 e. The molecule has 1 fully saturated rings. The molecule has 0 radical (unpaired) electrons. The van der Waals surface area contributed by atoms with Crippen LogP contribution in [0.5, 0.6) is 0 Å². The summed E-state index contributed by atoms with van der Waals surface area (Å²) in [5.41, 5.74) is 7.23. The van der Waals surface area contributed by atoms with Crippen molar-refractivity contribution in [2.75, 3.05) is 13.1 Å². The molecule has 3 N–H and O–H groups in total. The number of nitrogens with two attached hydrogens (primary N) is 1. The van der Waals surface area contributed by atoms with Crippen molar-refractivity contribution >= 4 is 11.3 Å². The molecule has 1 heterocycles. The quantitative estimate of drug-likeness (QED) is 0.795. The maximum Gasteiger partial charge on any atom is 0.0941 e. The molecule has 1 aliphatic rings. The number of nitrogens with zero attached hydrogens (tertiary/aromatic N) is 1. The Bertz CT molecular complexity index is 346. The number of hydrogen-bond acceptors (Lipinski definition) is 4. The highest BCUT2D eigenvalue weighted by molar-refractivity contribution is 7.09. The zero-order valence-electron chi connectivity index (χ0n) is 10.1. The zero-order chi connectivity index (χ0) is 11.6. The first-order valence-corrected chi connectivity index (χ1v) is 6.84. The highest BCUT2D eigenvalue weighted by Gasteiger charge is 2.44. The maximum atomic E-state index is 5.50. The summed E-state index contributed by atoms with van der Waals surface area (Å²) < 4.78 is 0. The summed E-state index contributed by atoms with van der Waals surface area (Å²) in [6.07, 6.45) is 2.26. The summed E-state index contributed by atoms with van der Waals surface area (Å²) >= 11 is 1.72. The fourth-order valence-corrected chi connectivity index (χ4v) is 2.78. The Morgan fingerprint density at radius 1 is 1.62 bits per heavy atom. The molecule has 1 atom stereocenters. The van der Waals surface area contributed by atoms with Crippen molar-refractivity contribution < 1.29 is 0 Å². The van der Waals surface area contributed by atoms with Crippen LogP contribution in [0.3, 0.4) is 0 Å². The van der Waals surface area contributed by atoms with Gasteiger partial charge in [0.2, 0.25) is 0 Å². The van der Waals surface area contributed by atoms with E-state index in [0.717, 1.165) is 36.1 Å². The fraction of sp³-hybridized carbons (Fsp3) is 0.750. The van der Waals surface area contributed by atoms with Crippen LogP contribution in [-0.4, -0.2) is 18.1 Å². The van der Waals surface area contributed by atoms with Crippen LogP contribution in [0.4, 0.5) is 0 Å². The molecular formula is C12H21N3S. The average molecular weight is 239 g/mol. The normalized spacial score (nSPS) is 22.3. The lowest BCUT2D eigenvalue weighted by molar-refractivity contribution is 0.518. The van der Waals surface area contributed by atoms with Gasteiger partial charge in [-0.05, 0) is 30.8 Å². The molecule has 0 spiro atoms. The molecule has 1 unspecified atom stereocenters. The van der Waals surface area contributed by atoms with Gasteiger partial charge >= 0.3 is 0 Å². The molecule has 3 nitrogen and oxygen atoms in total. The Morgan fingerprint density at radius 2 is 2.38 bits per heavy atom. The fourth-order valence-electron chi connectivity index (χ4n) is 1.97. The molecule has 0 saturated heterocycles. The Labute approximate surface area is 101 Å². The van der Waals surface area contributed by atoms with E-state index >= 15 is 0 Å². The van der Waals surface area contributed by atoms with Gasteiger partial charge in [0.05, 0.1) is 10.7 Å². The molecule has 0 amide bonds. The van der Waals surface area contributed by atoms with E-state index in [1.54, 1.807) is 11.3 Å². The van der Waals surface area contributed by atoms with Gasteiger partial charge in [0.15, 0.2) is 0 Å². The van der Waals surface area contributed by atoms with E-state index < -0.39 is 0 Å². The summed E-state index contributed by atoms with van der Waals surface area (Å²) in [5, 5.41) is 6.78. The smallest absolute Gasteiger partial charge is 0.0941 e. The van der Waals surface area contributed by atoms with Crippen LogP contribution in [-0.2, 0) is 13.0 Å². The number of hydrogen-bond donors (Lipinski definition) is 2. The number of aromatic nitrogens is 1. The van der Waals surface area contributed by atoms with E-state index in [9.17, 15) is 0 Å². The predicted molar refractivity (Wildman–Crippen MR) is 68.5 cm³/mol. The first-order chi connectivity index (χ1) is 7.62. The summed E-state index contributed by atoms with van der Waals surface area (Å²) in [6, 6.07) is 0. The van der Waals surface area contributed by atoms with E-state index in [1.807, 2.05) is 0 Å². The lowest BCUT2D eigenvalue weighted by atomic mass is 10.1. The molecule has 1 aliphatic carbocycles. The molecule has 1 saturated carbocycles. The molecule has 0 aliphatic heterocycles. The first kappa shape index (κ1) is 12.0. The van der Waals surface area contributed by atoms with Crippen molar-refractivity contribution in [3.05, 3.63) is 16.1 Å². The van der Waals surface area contributed by atoms with Crippen LogP contribution in [0, 0.1) is 11.3 Å². The SMILES string of the molecule is CC1(C)CC1CNCc1csc(CCN)n1. The average Bonchev–Trinajstić information content (AvgIpc) is 2.63. The topological polar surface area (TPSA) is 50.9 Å². The molecular weight excluding hydrogens is 218 g/mol. The van der Waals surface area contributed by atoms with Crippen molar-refractivity contribution in [2.24, 2.45) is 17.1 Å². The molecule has 1 aromatic heterocycles. The minimum atomic E-state index is 0.569. The van der Waals surface area contributed by atoms with Gasteiger partial charge in [-0.2, -0.15) is 0 Å². The minimum absolute atomic E-state index is 0.569. The molecule has 1 aromatic rings. The van der Waals surface area contributed by atoms with Crippen LogP contribution in [0.2, 0.25) is 0 Å². The van der Waals surface area contributed by atoms with E-state index in [4.69, 9.17) is 5.73 Å². The van der Waals surface area contributed by atoms with Crippen molar-refractivity contribution in [1.82, 2.24) is 10.3 Å². The molecule has 0 aromatic carbocycles.